The minimum absolute atomic E-state index is 0.157. The second-order valence-corrected chi connectivity index (χ2v) is 17.2. The lowest BCUT2D eigenvalue weighted by molar-refractivity contribution is 0.0599. The Balaban J connectivity index is 0.000000189. The highest BCUT2D eigenvalue weighted by Crippen LogP contribution is 2.28. The Kier molecular flexibility index (Phi) is 14.3. The molecule has 18 heteroatoms. The van der Waals surface area contributed by atoms with Crippen molar-refractivity contribution in [3.05, 3.63) is 129 Å². The summed E-state index contributed by atoms with van der Waals surface area (Å²) in [5, 5.41) is 20.2. The number of aromatic nitrogens is 4. The normalized spacial score (nSPS) is 16.2. The molecule has 330 valence electrons. The number of anilines is 4. The summed E-state index contributed by atoms with van der Waals surface area (Å²) >= 11 is 2.99. The lowest BCUT2D eigenvalue weighted by Gasteiger charge is -2.28. The standard InChI is InChI=1S/C23H25FN4O3S.C22H23FN4O3S/c1-15-10-20(21(29)25-18-7-5-16(6-8-18)22(30)31-2)28(11-15)13-19-14-32-23(26-19)27-9-3-4-17(24)12-27;1-14-9-19(20(28)24-17-6-4-15(5-7-17)21(29)30)27(10-14)12-18-13-31-22(25-18)26-8-2-3-16(23)11-26/h5-8,10-11,14,17H,3-4,9,12-13H2,1-2H3,(H,25,29);4-7,9-10,13,16H,2-3,8,11-12H2,1H3,(H,24,28)(H,29,30). The number of thiazole rings is 2. The highest BCUT2D eigenvalue weighted by molar-refractivity contribution is 7.14. The number of halogens is 2. The number of carbonyl (C=O) groups is 4. The first-order valence-corrected chi connectivity index (χ1v) is 22.2. The van der Waals surface area contributed by atoms with Crippen LogP contribution in [-0.4, -0.2) is 93.6 Å². The Bertz CT molecular complexity index is 2550. The summed E-state index contributed by atoms with van der Waals surface area (Å²) in [6, 6.07) is 16.2. The number of methoxy groups -OCH3 is 1. The zero-order valence-corrected chi connectivity index (χ0v) is 36.7. The largest absolute Gasteiger partial charge is 0.478 e. The van der Waals surface area contributed by atoms with Gasteiger partial charge in [-0.15, -0.1) is 22.7 Å². The average molecular weight is 899 g/mol. The molecule has 2 saturated heterocycles. The quantitative estimate of drug-likeness (QED) is 0.102. The van der Waals surface area contributed by atoms with Gasteiger partial charge in [0.25, 0.3) is 11.8 Å². The number of amides is 2. The molecule has 2 aliphatic heterocycles. The van der Waals surface area contributed by atoms with Crippen molar-refractivity contribution >= 4 is 68.1 Å². The molecule has 3 N–H and O–H groups in total. The van der Waals surface area contributed by atoms with E-state index in [1.807, 2.05) is 62.0 Å². The number of hydrogen-bond donors (Lipinski definition) is 3. The smallest absolute Gasteiger partial charge is 0.337 e. The molecule has 0 bridgehead atoms. The minimum Gasteiger partial charge on any atom is -0.478 e. The topological polar surface area (TPSA) is 164 Å². The Morgan fingerprint density at radius 1 is 0.714 bits per heavy atom. The minimum atomic E-state index is -1.02. The maximum atomic E-state index is 13.7. The predicted molar refractivity (Wildman–Crippen MR) is 241 cm³/mol. The van der Waals surface area contributed by atoms with Crippen molar-refractivity contribution < 1.29 is 37.8 Å². The number of aryl methyl sites for hydroxylation is 2. The molecule has 63 heavy (non-hydrogen) atoms. The van der Waals surface area contributed by atoms with Crippen molar-refractivity contribution in [3.8, 4) is 0 Å². The first-order chi connectivity index (χ1) is 30.3. The monoisotopic (exact) mass is 898 g/mol. The van der Waals surface area contributed by atoms with Gasteiger partial charge in [0.05, 0.1) is 55.8 Å². The molecular weight excluding hydrogens is 851 g/mol. The fourth-order valence-electron chi connectivity index (χ4n) is 7.43. The van der Waals surface area contributed by atoms with Crippen LogP contribution in [0.25, 0.3) is 0 Å². The van der Waals surface area contributed by atoms with Gasteiger partial charge in [0.1, 0.15) is 23.7 Å². The number of rotatable bonds is 12. The molecule has 6 aromatic rings. The maximum Gasteiger partial charge on any atom is 0.337 e. The molecule has 2 aromatic carbocycles. The van der Waals surface area contributed by atoms with E-state index in [1.165, 1.54) is 41.9 Å². The Morgan fingerprint density at radius 3 is 1.54 bits per heavy atom. The fraction of sp³-hybridized carbons (Fsp3) is 0.333. The van der Waals surface area contributed by atoms with Crippen molar-refractivity contribution in [2.45, 2.75) is 65.0 Å². The van der Waals surface area contributed by atoms with Gasteiger partial charge in [-0.05, 0) is 111 Å². The first-order valence-electron chi connectivity index (χ1n) is 20.5. The summed E-state index contributed by atoms with van der Waals surface area (Å²) in [7, 11) is 1.32. The van der Waals surface area contributed by atoms with Crippen LogP contribution in [0.15, 0.2) is 83.8 Å². The molecule has 2 amide bonds. The van der Waals surface area contributed by atoms with Gasteiger partial charge in [-0.25, -0.2) is 28.3 Å². The molecule has 0 radical (unpaired) electrons. The molecule has 4 aromatic heterocycles. The van der Waals surface area contributed by atoms with E-state index in [0.717, 1.165) is 58.7 Å². The highest BCUT2D eigenvalue weighted by Gasteiger charge is 2.24. The zero-order chi connectivity index (χ0) is 44.6. The van der Waals surface area contributed by atoms with Crippen molar-refractivity contribution in [3.63, 3.8) is 0 Å². The molecule has 8 rings (SSSR count). The van der Waals surface area contributed by atoms with Crippen LogP contribution < -0.4 is 20.4 Å². The molecular formula is C45H48F2N8O6S2. The van der Waals surface area contributed by atoms with E-state index in [2.05, 4.69) is 20.6 Å². The summed E-state index contributed by atoms with van der Waals surface area (Å²) < 4.78 is 35.8. The van der Waals surface area contributed by atoms with Crippen molar-refractivity contribution in [2.24, 2.45) is 0 Å². The molecule has 0 spiro atoms. The second-order valence-electron chi connectivity index (χ2n) is 15.5. The Hall–Kier alpha value is -6.40. The van der Waals surface area contributed by atoms with E-state index in [4.69, 9.17) is 9.84 Å². The number of benzene rings is 2. The number of alkyl halides is 2. The number of carboxylic acid groups (broad SMARTS) is 1. The summed E-state index contributed by atoms with van der Waals surface area (Å²) in [6.07, 6.45) is 5.05. The third kappa shape index (κ3) is 11.6. The van der Waals surface area contributed by atoms with Gasteiger partial charge >= 0.3 is 11.9 Å². The van der Waals surface area contributed by atoms with E-state index < -0.39 is 24.3 Å². The zero-order valence-electron chi connectivity index (χ0n) is 35.1. The number of nitrogens with one attached hydrogen (secondary N) is 2. The molecule has 14 nitrogen and oxygen atoms in total. The number of esters is 1. The number of aromatic carboxylic acids is 1. The molecule has 0 aliphatic carbocycles. The van der Waals surface area contributed by atoms with Gasteiger partial charge in [-0.3, -0.25) is 9.59 Å². The van der Waals surface area contributed by atoms with Crippen LogP contribution in [0.1, 0.15) is 89.9 Å². The van der Waals surface area contributed by atoms with Crippen LogP contribution in [0.2, 0.25) is 0 Å². The molecule has 2 unspecified atom stereocenters. The predicted octanol–water partition coefficient (Wildman–Crippen LogP) is 8.47. The maximum absolute atomic E-state index is 13.7. The van der Waals surface area contributed by atoms with E-state index in [0.29, 0.717) is 67.3 Å². The number of carboxylic acids is 1. The van der Waals surface area contributed by atoms with Gasteiger partial charge in [-0.2, -0.15) is 0 Å². The molecule has 0 saturated carbocycles. The number of ether oxygens (including phenoxy) is 1. The number of nitrogens with zero attached hydrogens (tertiary/aromatic N) is 6. The van der Waals surface area contributed by atoms with Gasteiger partial charge in [0.2, 0.25) is 0 Å². The summed E-state index contributed by atoms with van der Waals surface area (Å²) in [5.41, 5.74) is 6.21. The number of hydrogen-bond acceptors (Lipinski definition) is 11. The Morgan fingerprint density at radius 2 is 1.14 bits per heavy atom. The third-order valence-electron chi connectivity index (χ3n) is 10.5. The number of carbonyl (C=O) groups excluding carboxylic acids is 3. The van der Waals surface area contributed by atoms with Crippen LogP contribution in [0.3, 0.4) is 0 Å². The lowest BCUT2D eigenvalue weighted by atomic mass is 10.1. The van der Waals surface area contributed by atoms with E-state index >= 15 is 0 Å². The van der Waals surface area contributed by atoms with Crippen molar-refractivity contribution in [2.75, 3.05) is 53.7 Å². The van der Waals surface area contributed by atoms with Crippen LogP contribution in [0.4, 0.5) is 30.4 Å². The van der Waals surface area contributed by atoms with Gasteiger partial charge in [0.15, 0.2) is 10.3 Å². The summed E-state index contributed by atoms with van der Waals surface area (Å²) in [6.45, 7) is 7.11. The summed E-state index contributed by atoms with van der Waals surface area (Å²) in [4.78, 5) is 61.6. The molecule has 2 atom stereocenters. The second kappa shape index (κ2) is 20.2. The highest BCUT2D eigenvalue weighted by atomic mass is 32.1. The lowest BCUT2D eigenvalue weighted by Crippen LogP contribution is -2.36. The van der Waals surface area contributed by atoms with E-state index in [1.54, 1.807) is 42.5 Å². The Labute approximate surface area is 371 Å². The van der Waals surface area contributed by atoms with Crippen molar-refractivity contribution in [1.82, 2.24) is 19.1 Å². The van der Waals surface area contributed by atoms with E-state index in [9.17, 15) is 28.0 Å². The van der Waals surface area contributed by atoms with Gasteiger partial charge < -0.3 is 39.4 Å². The molecule has 6 heterocycles. The van der Waals surface area contributed by atoms with E-state index in [-0.39, 0.29) is 17.4 Å². The van der Waals surface area contributed by atoms with Crippen LogP contribution in [0, 0.1) is 13.8 Å². The van der Waals surface area contributed by atoms with Crippen LogP contribution in [-0.2, 0) is 17.8 Å². The van der Waals surface area contributed by atoms with Gasteiger partial charge in [-0.1, -0.05) is 0 Å². The molecule has 2 fully saturated rings. The average Bonchev–Trinajstić information content (AvgIpc) is 4.09. The van der Waals surface area contributed by atoms with Crippen LogP contribution >= 0.6 is 22.7 Å². The van der Waals surface area contributed by atoms with Crippen molar-refractivity contribution in [1.29, 1.82) is 0 Å². The third-order valence-corrected chi connectivity index (χ3v) is 12.4. The SMILES string of the molecule is COC(=O)c1ccc(NC(=O)c2cc(C)cn2Cc2csc(N3CCCC(F)C3)n2)cc1.Cc1cc(C(=O)Nc2ccc(C(=O)O)cc2)n(Cc2csc(N3CCCC(F)C3)n2)c1. The molecule has 2 aliphatic rings. The number of piperidine rings is 2. The fourth-order valence-corrected chi connectivity index (χ4v) is 9.13. The van der Waals surface area contributed by atoms with Crippen LogP contribution in [0.5, 0.6) is 0 Å². The van der Waals surface area contributed by atoms with Gasteiger partial charge in [0, 0.05) is 47.6 Å². The first kappa shape index (κ1) is 44.6. The summed E-state index contributed by atoms with van der Waals surface area (Å²) in [5.74, 6) is -1.99.